The van der Waals surface area contributed by atoms with E-state index in [2.05, 4.69) is 28.7 Å². The van der Waals surface area contributed by atoms with Gasteiger partial charge < -0.3 is 4.98 Å². The molecule has 0 unspecified atom stereocenters. The highest BCUT2D eigenvalue weighted by Gasteiger charge is 1.95. The third kappa shape index (κ3) is 1.11. The van der Waals surface area contributed by atoms with Crippen LogP contribution in [0.1, 0.15) is 5.56 Å². The smallest absolute Gasteiger partial charge is 0.0931 e. The molecule has 0 aliphatic heterocycles. The van der Waals surface area contributed by atoms with Crippen molar-refractivity contribution < 1.29 is 0 Å². The summed E-state index contributed by atoms with van der Waals surface area (Å²) in [5, 5.41) is 0. The minimum Gasteiger partial charge on any atom is -0.345 e. The van der Waals surface area contributed by atoms with Crippen molar-refractivity contribution in [1.29, 1.82) is 0 Å². The summed E-state index contributed by atoms with van der Waals surface area (Å²) in [5.41, 5.74) is 3.36. The van der Waals surface area contributed by atoms with E-state index in [1.54, 1.807) is 6.33 Å². The molecule has 0 bridgehead atoms. The van der Waals surface area contributed by atoms with Crippen molar-refractivity contribution in [2.24, 2.45) is 0 Å². The summed E-state index contributed by atoms with van der Waals surface area (Å²) < 4.78 is 0. The third-order valence-corrected chi connectivity index (χ3v) is 1.87. The van der Waals surface area contributed by atoms with Gasteiger partial charge in [0, 0.05) is 0 Å². The van der Waals surface area contributed by atoms with Crippen molar-refractivity contribution in [3.63, 3.8) is 0 Å². The summed E-state index contributed by atoms with van der Waals surface area (Å²) in [6.45, 7) is 3.70. The van der Waals surface area contributed by atoms with Crippen molar-refractivity contribution in [3.8, 4) is 0 Å². The molecule has 2 rings (SSSR count). The molecule has 0 amide bonds. The number of aromatic nitrogens is 2. The van der Waals surface area contributed by atoms with Gasteiger partial charge in [-0.3, -0.25) is 0 Å². The number of H-pyrrole nitrogens is 1. The van der Waals surface area contributed by atoms with Crippen LogP contribution in [-0.2, 0) is 6.42 Å². The molecule has 60 valence electrons. The Hall–Kier alpha value is -1.57. The fourth-order valence-electron chi connectivity index (χ4n) is 1.27. The monoisotopic (exact) mass is 158 g/mol. The number of nitrogens with zero attached hydrogens (tertiary/aromatic N) is 1. The fraction of sp³-hybridized carbons (Fsp3) is 0.100. The third-order valence-electron chi connectivity index (χ3n) is 1.87. The van der Waals surface area contributed by atoms with Crippen molar-refractivity contribution in [2.45, 2.75) is 6.42 Å². The normalized spacial score (nSPS) is 10.3. The maximum absolute atomic E-state index is 4.17. The fourth-order valence-corrected chi connectivity index (χ4v) is 1.27. The van der Waals surface area contributed by atoms with Gasteiger partial charge >= 0.3 is 0 Å². The van der Waals surface area contributed by atoms with Gasteiger partial charge in [-0.15, -0.1) is 6.58 Å². The second kappa shape index (κ2) is 2.81. The molecule has 0 fully saturated rings. The first kappa shape index (κ1) is 7.10. The Balaban J connectivity index is 2.52. The molecule has 2 aromatic rings. The Morgan fingerprint density at radius 3 is 3.25 bits per heavy atom. The minimum atomic E-state index is 0.906. The SMILES string of the molecule is C=CCc1ccc2[nH]cnc2c1. The molecule has 1 aromatic heterocycles. The van der Waals surface area contributed by atoms with Gasteiger partial charge in [-0.2, -0.15) is 0 Å². The zero-order chi connectivity index (χ0) is 8.39. The van der Waals surface area contributed by atoms with E-state index in [9.17, 15) is 0 Å². The first-order valence-corrected chi connectivity index (χ1v) is 3.93. The number of benzene rings is 1. The predicted octanol–water partition coefficient (Wildman–Crippen LogP) is 2.29. The summed E-state index contributed by atoms with van der Waals surface area (Å²) >= 11 is 0. The lowest BCUT2D eigenvalue weighted by atomic mass is 10.1. The minimum absolute atomic E-state index is 0.906. The van der Waals surface area contributed by atoms with Crippen LogP contribution in [0, 0.1) is 0 Å². The molecular formula is C10H10N2. The summed E-state index contributed by atoms with van der Waals surface area (Å²) in [7, 11) is 0. The molecule has 2 heteroatoms. The van der Waals surface area contributed by atoms with Gasteiger partial charge in [-0.05, 0) is 24.1 Å². The molecule has 0 radical (unpaired) electrons. The van der Waals surface area contributed by atoms with Crippen LogP contribution in [0.5, 0.6) is 0 Å². The van der Waals surface area contributed by atoms with E-state index in [1.807, 2.05) is 12.1 Å². The van der Waals surface area contributed by atoms with Crippen molar-refractivity contribution in [2.75, 3.05) is 0 Å². The number of rotatable bonds is 2. The Labute approximate surface area is 70.9 Å². The van der Waals surface area contributed by atoms with Crippen LogP contribution in [0.2, 0.25) is 0 Å². The zero-order valence-electron chi connectivity index (χ0n) is 6.75. The number of nitrogens with one attached hydrogen (secondary N) is 1. The van der Waals surface area contributed by atoms with E-state index in [0.717, 1.165) is 17.5 Å². The van der Waals surface area contributed by atoms with Gasteiger partial charge in [-0.1, -0.05) is 12.1 Å². The molecular weight excluding hydrogens is 148 g/mol. The molecule has 1 heterocycles. The summed E-state index contributed by atoms with van der Waals surface area (Å²) in [6, 6.07) is 6.21. The average molecular weight is 158 g/mol. The Kier molecular flexibility index (Phi) is 1.67. The molecule has 0 saturated heterocycles. The van der Waals surface area contributed by atoms with Crippen molar-refractivity contribution in [3.05, 3.63) is 42.7 Å². The van der Waals surface area contributed by atoms with E-state index < -0.39 is 0 Å². The number of allylic oxidation sites excluding steroid dienone is 1. The van der Waals surface area contributed by atoms with Crippen LogP contribution in [0.15, 0.2) is 37.2 Å². The molecule has 12 heavy (non-hydrogen) atoms. The summed E-state index contributed by atoms with van der Waals surface area (Å²) in [5.74, 6) is 0. The topological polar surface area (TPSA) is 28.7 Å². The maximum atomic E-state index is 4.17. The lowest BCUT2D eigenvalue weighted by molar-refractivity contribution is 1.28. The zero-order valence-corrected chi connectivity index (χ0v) is 6.75. The average Bonchev–Trinajstić information content (AvgIpc) is 2.51. The van der Waals surface area contributed by atoms with Gasteiger partial charge in [0.15, 0.2) is 0 Å². The molecule has 1 N–H and O–H groups in total. The van der Waals surface area contributed by atoms with Gasteiger partial charge in [0.2, 0.25) is 0 Å². The first-order chi connectivity index (χ1) is 5.90. The van der Waals surface area contributed by atoms with Crippen LogP contribution in [0.4, 0.5) is 0 Å². The van der Waals surface area contributed by atoms with Gasteiger partial charge in [0.1, 0.15) is 0 Å². The number of hydrogen-bond acceptors (Lipinski definition) is 1. The lowest BCUT2D eigenvalue weighted by Gasteiger charge is -1.94. The molecule has 0 aliphatic carbocycles. The Bertz CT molecular complexity index is 401. The quantitative estimate of drug-likeness (QED) is 0.667. The predicted molar refractivity (Wildman–Crippen MR) is 50.0 cm³/mol. The highest BCUT2D eigenvalue weighted by atomic mass is 14.9. The molecule has 1 aromatic carbocycles. The number of aromatic amines is 1. The maximum Gasteiger partial charge on any atom is 0.0931 e. The van der Waals surface area contributed by atoms with Crippen LogP contribution >= 0.6 is 0 Å². The molecule has 0 spiro atoms. The second-order valence-electron chi connectivity index (χ2n) is 2.75. The van der Waals surface area contributed by atoms with Crippen LogP contribution in [-0.4, -0.2) is 9.97 Å². The first-order valence-electron chi connectivity index (χ1n) is 3.93. The van der Waals surface area contributed by atoms with Crippen molar-refractivity contribution in [1.82, 2.24) is 9.97 Å². The lowest BCUT2D eigenvalue weighted by Crippen LogP contribution is -1.79. The van der Waals surface area contributed by atoms with Gasteiger partial charge in [0.25, 0.3) is 0 Å². The number of imidazole rings is 1. The van der Waals surface area contributed by atoms with Crippen LogP contribution in [0.3, 0.4) is 0 Å². The number of hydrogen-bond donors (Lipinski definition) is 1. The van der Waals surface area contributed by atoms with Crippen molar-refractivity contribution >= 4 is 11.0 Å². The summed E-state index contributed by atoms with van der Waals surface area (Å²) in [4.78, 5) is 7.22. The van der Waals surface area contributed by atoms with E-state index in [0.29, 0.717) is 0 Å². The van der Waals surface area contributed by atoms with E-state index in [-0.39, 0.29) is 0 Å². The molecule has 2 nitrogen and oxygen atoms in total. The highest BCUT2D eigenvalue weighted by Crippen LogP contribution is 2.11. The van der Waals surface area contributed by atoms with E-state index in [4.69, 9.17) is 0 Å². The standard InChI is InChI=1S/C10H10N2/c1-2-3-8-4-5-9-10(6-8)12-7-11-9/h2,4-7H,1,3H2,(H,11,12). The largest absolute Gasteiger partial charge is 0.345 e. The van der Waals surface area contributed by atoms with E-state index in [1.165, 1.54) is 5.56 Å². The second-order valence-corrected chi connectivity index (χ2v) is 2.75. The number of fused-ring (bicyclic) bond motifs is 1. The van der Waals surface area contributed by atoms with Crippen LogP contribution < -0.4 is 0 Å². The Morgan fingerprint density at radius 2 is 2.42 bits per heavy atom. The van der Waals surface area contributed by atoms with Gasteiger partial charge in [0.05, 0.1) is 17.4 Å². The highest BCUT2D eigenvalue weighted by molar-refractivity contribution is 5.75. The van der Waals surface area contributed by atoms with Crippen LogP contribution in [0.25, 0.3) is 11.0 Å². The van der Waals surface area contributed by atoms with Gasteiger partial charge in [-0.25, -0.2) is 4.98 Å². The molecule has 0 saturated carbocycles. The molecule has 0 atom stereocenters. The molecule has 0 aliphatic rings. The summed E-state index contributed by atoms with van der Waals surface area (Å²) in [6.07, 6.45) is 4.51. The Morgan fingerprint density at radius 1 is 1.50 bits per heavy atom. The van der Waals surface area contributed by atoms with E-state index >= 15 is 0 Å².